The van der Waals surface area contributed by atoms with Crippen LogP contribution in [-0.2, 0) is 0 Å². The fraction of sp³-hybridized carbons (Fsp3) is 0.333. The second-order valence-corrected chi connectivity index (χ2v) is 5.22. The van der Waals surface area contributed by atoms with E-state index in [0.717, 1.165) is 11.3 Å². The first-order valence-corrected chi connectivity index (χ1v) is 6.77. The molecule has 6 heteroatoms. The number of nitrogens with two attached hydrogens (primary N) is 1. The number of aromatic nitrogens is 3. The third-order valence-corrected chi connectivity index (χ3v) is 3.79. The SMILES string of the molecule is [C-]#[N+]c1c(C#N)nn(C(C)c2ccc(C3CC3)nc2)c1N. The molecule has 2 aromatic heterocycles. The summed E-state index contributed by atoms with van der Waals surface area (Å²) in [5.74, 6) is 0.836. The minimum absolute atomic E-state index is 0.0666. The largest absolute Gasteiger partial charge is 0.393 e. The molecule has 2 aromatic rings. The van der Waals surface area contributed by atoms with Gasteiger partial charge in [-0.05, 0) is 31.4 Å². The smallest absolute Gasteiger partial charge is 0.264 e. The second kappa shape index (κ2) is 4.92. The summed E-state index contributed by atoms with van der Waals surface area (Å²) in [6.07, 6.45) is 4.25. The number of nitrogens with zero attached hydrogens (tertiary/aromatic N) is 5. The third kappa shape index (κ3) is 2.21. The van der Waals surface area contributed by atoms with Crippen LogP contribution in [0.5, 0.6) is 0 Å². The molecule has 0 bridgehead atoms. The molecule has 0 spiro atoms. The van der Waals surface area contributed by atoms with Crippen molar-refractivity contribution in [2.45, 2.75) is 31.7 Å². The summed E-state index contributed by atoms with van der Waals surface area (Å²) in [6, 6.07) is 5.77. The van der Waals surface area contributed by atoms with Gasteiger partial charge < -0.3 is 5.73 Å². The predicted octanol–water partition coefficient (Wildman–Crippen LogP) is 2.77. The summed E-state index contributed by atoms with van der Waals surface area (Å²) < 4.78 is 1.51. The van der Waals surface area contributed by atoms with E-state index in [1.165, 1.54) is 17.5 Å². The maximum absolute atomic E-state index is 9.01. The molecular weight excluding hydrogens is 264 g/mol. The van der Waals surface area contributed by atoms with E-state index in [2.05, 4.69) is 14.9 Å². The summed E-state index contributed by atoms with van der Waals surface area (Å²) in [6.45, 7) is 9.02. The van der Waals surface area contributed by atoms with Crippen LogP contribution in [-0.4, -0.2) is 14.8 Å². The first-order chi connectivity index (χ1) is 10.2. The highest BCUT2D eigenvalue weighted by atomic mass is 15.3. The van der Waals surface area contributed by atoms with Crippen molar-refractivity contribution >= 4 is 11.5 Å². The minimum atomic E-state index is -0.173. The zero-order chi connectivity index (χ0) is 15.0. The molecule has 1 unspecified atom stereocenters. The molecule has 0 radical (unpaired) electrons. The summed E-state index contributed by atoms with van der Waals surface area (Å²) in [5.41, 5.74) is 8.19. The Hall–Kier alpha value is -2.86. The molecule has 3 rings (SSSR count). The molecular formula is C15H14N6. The summed E-state index contributed by atoms with van der Waals surface area (Å²) >= 11 is 0. The fourth-order valence-electron chi connectivity index (χ4n) is 2.35. The topological polar surface area (TPSA) is 84.9 Å². The van der Waals surface area contributed by atoms with Crippen molar-refractivity contribution < 1.29 is 0 Å². The van der Waals surface area contributed by atoms with Crippen LogP contribution >= 0.6 is 0 Å². The number of anilines is 1. The van der Waals surface area contributed by atoms with Gasteiger partial charge in [-0.1, -0.05) is 6.07 Å². The molecule has 1 aliphatic carbocycles. The summed E-state index contributed by atoms with van der Waals surface area (Å²) in [4.78, 5) is 7.77. The lowest BCUT2D eigenvalue weighted by Gasteiger charge is -2.14. The van der Waals surface area contributed by atoms with E-state index >= 15 is 0 Å². The van der Waals surface area contributed by atoms with Crippen molar-refractivity contribution in [2.75, 3.05) is 5.73 Å². The van der Waals surface area contributed by atoms with Gasteiger partial charge in [0, 0.05) is 17.8 Å². The maximum Gasteiger partial charge on any atom is 0.264 e. The Morgan fingerprint density at radius 3 is 2.76 bits per heavy atom. The van der Waals surface area contributed by atoms with Gasteiger partial charge in [-0.3, -0.25) is 9.67 Å². The molecule has 6 nitrogen and oxygen atoms in total. The van der Waals surface area contributed by atoms with Crippen molar-refractivity contribution in [1.29, 1.82) is 5.26 Å². The standard InChI is InChI=1S/C15H14N6/c1-9(11-5-6-12(19-8-11)10-3-4-10)21-15(17)14(18-2)13(7-16)20-21/h5-6,8-10H,3-4,17H2,1H3. The average molecular weight is 278 g/mol. The Morgan fingerprint density at radius 2 is 2.29 bits per heavy atom. The predicted molar refractivity (Wildman–Crippen MR) is 77.6 cm³/mol. The Balaban J connectivity index is 1.94. The van der Waals surface area contributed by atoms with Gasteiger partial charge in [-0.2, -0.15) is 10.4 Å². The number of pyridine rings is 1. The maximum atomic E-state index is 9.01. The van der Waals surface area contributed by atoms with Gasteiger partial charge in [0.15, 0.2) is 5.69 Å². The molecule has 1 atom stereocenters. The van der Waals surface area contributed by atoms with Crippen LogP contribution in [0.1, 0.15) is 48.7 Å². The molecule has 0 amide bonds. The molecule has 21 heavy (non-hydrogen) atoms. The molecule has 0 aromatic carbocycles. The molecule has 1 fully saturated rings. The van der Waals surface area contributed by atoms with Crippen molar-refractivity contribution in [1.82, 2.24) is 14.8 Å². The summed E-state index contributed by atoms with van der Waals surface area (Å²) in [5, 5.41) is 13.1. The van der Waals surface area contributed by atoms with Gasteiger partial charge in [-0.25, -0.2) is 4.85 Å². The van der Waals surface area contributed by atoms with E-state index in [9.17, 15) is 0 Å². The first kappa shape index (κ1) is 13.1. The van der Waals surface area contributed by atoms with E-state index in [4.69, 9.17) is 17.6 Å². The van der Waals surface area contributed by atoms with Gasteiger partial charge in [-0.15, -0.1) is 0 Å². The zero-order valence-corrected chi connectivity index (χ0v) is 11.6. The molecule has 1 aliphatic rings. The normalized spacial score (nSPS) is 15.2. The van der Waals surface area contributed by atoms with Crippen LogP contribution < -0.4 is 5.73 Å². The molecule has 0 aliphatic heterocycles. The molecule has 104 valence electrons. The quantitative estimate of drug-likeness (QED) is 0.875. The zero-order valence-electron chi connectivity index (χ0n) is 11.6. The second-order valence-electron chi connectivity index (χ2n) is 5.22. The number of nitriles is 1. The van der Waals surface area contributed by atoms with Crippen molar-refractivity contribution in [3.63, 3.8) is 0 Å². The molecule has 0 saturated heterocycles. The molecule has 1 saturated carbocycles. The van der Waals surface area contributed by atoms with Gasteiger partial charge in [0.25, 0.3) is 5.69 Å². The lowest BCUT2D eigenvalue weighted by atomic mass is 10.1. The molecule has 2 N–H and O–H groups in total. The highest BCUT2D eigenvalue weighted by Gasteiger charge is 2.25. The highest BCUT2D eigenvalue weighted by Crippen LogP contribution is 2.39. The Morgan fingerprint density at radius 1 is 1.52 bits per heavy atom. The monoisotopic (exact) mass is 278 g/mol. The lowest BCUT2D eigenvalue weighted by molar-refractivity contribution is 0.569. The number of hydrogen-bond donors (Lipinski definition) is 1. The van der Waals surface area contributed by atoms with E-state index in [0.29, 0.717) is 5.92 Å². The van der Waals surface area contributed by atoms with Gasteiger partial charge in [0.1, 0.15) is 11.9 Å². The summed E-state index contributed by atoms with van der Waals surface area (Å²) in [7, 11) is 0. The van der Waals surface area contributed by atoms with Crippen molar-refractivity contribution in [2.24, 2.45) is 0 Å². The van der Waals surface area contributed by atoms with E-state index in [-0.39, 0.29) is 23.2 Å². The van der Waals surface area contributed by atoms with Crippen molar-refractivity contribution in [3.05, 3.63) is 46.7 Å². The van der Waals surface area contributed by atoms with Gasteiger partial charge >= 0.3 is 0 Å². The van der Waals surface area contributed by atoms with Crippen molar-refractivity contribution in [3.8, 4) is 6.07 Å². The lowest BCUT2D eigenvalue weighted by Crippen LogP contribution is -2.12. The van der Waals surface area contributed by atoms with Crippen LogP contribution in [0.3, 0.4) is 0 Å². The fourth-order valence-corrected chi connectivity index (χ4v) is 2.35. The van der Waals surface area contributed by atoms with E-state index in [1.807, 2.05) is 31.3 Å². The van der Waals surface area contributed by atoms with Gasteiger partial charge in [0.05, 0.1) is 12.6 Å². The van der Waals surface area contributed by atoms with Crippen LogP contribution in [0.15, 0.2) is 18.3 Å². The Labute approximate surface area is 122 Å². The van der Waals surface area contributed by atoms with Crippen LogP contribution in [0.4, 0.5) is 11.5 Å². The van der Waals surface area contributed by atoms with E-state index in [1.54, 1.807) is 0 Å². The molecule has 2 heterocycles. The number of hydrogen-bond acceptors (Lipinski definition) is 4. The van der Waals surface area contributed by atoms with Gasteiger partial charge in [0.2, 0.25) is 0 Å². The Kier molecular flexibility index (Phi) is 3.08. The van der Waals surface area contributed by atoms with Crippen LogP contribution in [0.2, 0.25) is 0 Å². The average Bonchev–Trinajstić information content (AvgIpc) is 3.30. The number of rotatable bonds is 3. The highest BCUT2D eigenvalue weighted by molar-refractivity contribution is 5.70. The minimum Gasteiger partial charge on any atom is -0.393 e. The third-order valence-electron chi connectivity index (χ3n) is 3.79. The van der Waals surface area contributed by atoms with Crippen LogP contribution in [0, 0.1) is 17.9 Å². The first-order valence-electron chi connectivity index (χ1n) is 6.77. The van der Waals surface area contributed by atoms with Crippen LogP contribution in [0.25, 0.3) is 4.85 Å². The Bertz CT molecular complexity index is 755. The number of nitrogen functional groups attached to an aromatic ring is 1. The van der Waals surface area contributed by atoms with E-state index < -0.39 is 0 Å².